The number of benzene rings is 1. The van der Waals surface area contributed by atoms with Crippen LogP contribution in [0.15, 0.2) is 42.6 Å². The molecule has 0 radical (unpaired) electrons. The Morgan fingerprint density at radius 3 is 3.00 bits per heavy atom. The average Bonchev–Trinajstić information content (AvgIpc) is 3.07. The van der Waals surface area contributed by atoms with Crippen molar-refractivity contribution in [3.8, 4) is 0 Å². The number of rotatable bonds is 5. The van der Waals surface area contributed by atoms with Crippen molar-refractivity contribution < 1.29 is 9.90 Å². The predicted molar refractivity (Wildman–Crippen MR) is 98.7 cm³/mol. The standard InChI is InChI=1S/C20H25N3O2/c1-15-7-8-16(13-17-5-2-3-10-21-17)14-19(15)22-20(25)23-11-4-6-18(23)9-12-24/h2-3,5,7-8,10,14,18,24H,4,6,9,11-13H2,1H3,(H,22,25). The minimum absolute atomic E-state index is 0.0750. The lowest BCUT2D eigenvalue weighted by Crippen LogP contribution is -2.39. The van der Waals surface area contributed by atoms with Crippen LogP contribution in [0.3, 0.4) is 0 Å². The van der Waals surface area contributed by atoms with E-state index in [1.54, 1.807) is 6.20 Å². The Morgan fingerprint density at radius 2 is 2.24 bits per heavy atom. The summed E-state index contributed by atoms with van der Waals surface area (Å²) in [7, 11) is 0. The van der Waals surface area contributed by atoms with Crippen molar-refractivity contribution in [3.05, 3.63) is 59.4 Å². The molecule has 3 rings (SSSR count). The van der Waals surface area contributed by atoms with Gasteiger partial charge in [-0.25, -0.2) is 4.79 Å². The molecule has 2 N–H and O–H groups in total. The molecule has 0 saturated carbocycles. The first kappa shape index (κ1) is 17.4. The molecule has 1 unspecified atom stereocenters. The van der Waals surface area contributed by atoms with Gasteiger partial charge in [0.05, 0.1) is 0 Å². The number of anilines is 1. The number of likely N-dealkylation sites (tertiary alicyclic amines) is 1. The molecular formula is C20H25N3O2. The summed E-state index contributed by atoms with van der Waals surface area (Å²) in [5, 5.41) is 12.2. The number of aryl methyl sites for hydroxylation is 1. The number of urea groups is 1. The van der Waals surface area contributed by atoms with Gasteiger partial charge < -0.3 is 15.3 Å². The first-order chi connectivity index (χ1) is 12.2. The van der Waals surface area contributed by atoms with Gasteiger partial charge in [-0.15, -0.1) is 0 Å². The molecule has 1 saturated heterocycles. The Balaban J connectivity index is 1.71. The van der Waals surface area contributed by atoms with Gasteiger partial charge in [-0.1, -0.05) is 18.2 Å². The van der Waals surface area contributed by atoms with Crippen LogP contribution in [0.5, 0.6) is 0 Å². The summed E-state index contributed by atoms with van der Waals surface area (Å²) in [6, 6.07) is 12.1. The highest BCUT2D eigenvalue weighted by atomic mass is 16.3. The fourth-order valence-electron chi connectivity index (χ4n) is 3.36. The van der Waals surface area contributed by atoms with Crippen molar-refractivity contribution >= 4 is 11.7 Å². The number of hydrogen-bond acceptors (Lipinski definition) is 3. The van der Waals surface area contributed by atoms with Crippen LogP contribution in [-0.4, -0.2) is 40.2 Å². The number of nitrogens with one attached hydrogen (secondary N) is 1. The van der Waals surface area contributed by atoms with Gasteiger partial charge in [0, 0.05) is 43.2 Å². The third-order valence-corrected chi connectivity index (χ3v) is 4.76. The van der Waals surface area contributed by atoms with E-state index >= 15 is 0 Å². The van der Waals surface area contributed by atoms with Gasteiger partial charge in [0.15, 0.2) is 0 Å². The van der Waals surface area contributed by atoms with Crippen LogP contribution in [0.1, 0.15) is 36.1 Å². The molecule has 25 heavy (non-hydrogen) atoms. The van der Waals surface area contributed by atoms with Crippen LogP contribution in [0, 0.1) is 6.92 Å². The highest BCUT2D eigenvalue weighted by Gasteiger charge is 2.28. The largest absolute Gasteiger partial charge is 0.396 e. The van der Waals surface area contributed by atoms with Crippen LogP contribution >= 0.6 is 0 Å². The smallest absolute Gasteiger partial charge is 0.322 e. The molecule has 0 aliphatic carbocycles. The molecule has 1 fully saturated rings. The lowest BCUT2D eigenvalue weighted by molar-refractivity contribution is 0.189. The Labute approximate surface area is 148 Å². The number of hydrogen-bond donors (Lipinski definition) is 2. The number of nitrogens with zero attached hydrogens (tertiary/aromatic N) is 2. The summed E-state index contributed by atoms with van der Waals surface area (Å²) in [6.45, 7) is 2.87. The molecule has 132 valence electrons. The zero-order valence-electron chi connectivity index (χ0n) is 14.6. The van der Waals surface area contributed by atoms with E-state index in [1.807, 2.05) is 42.2 Å². The van der Waals surface area contributed by atoms with Crippen LogP contribution in [0.25, 0.3) is 0 Å². The molecule has 5 nitrogen and oxygen atoms in total. The van der Waals surface area contributed by atoms with Crippen molar-refractivity contribution in [2.45, 2.75) is 38.6 Å². The van der Waals surface area contributed by atoms with E-state index < -0.39 is 0 Å². The molecule has 1 aromatic carbocycles. The molecule has 1 aliphatic heterocycles. The lowest BCUT2D eigenvalue weighted by Gasteiger charge is -2.25. The summed E-state index contributed by atoms with van der Waals surface area (Å²) in [5.41, 5.74) is 4.00. The van der Waals surface area contributed by atoms with Crippen molar-refractivity contribution in [1.82, 2.24) is 9.88 Å². The fraction of sp³-hybridized carbons (Fsp3) is 0.400. The SMILES string of the molecule is Cc1ccc(Cc2ccccn2)cc1NC(=O)N1CCCC1CCO. The molecular weight excluding hydrogens is 314 g/mol. The zero-order valence-corrected chi connectivity index (χ0v) is 14.6. The number of aliphatic hydroxyl groups is 1. The van der Waals surface area contributed by atoms with Crippen LogP contribution in [0.4, 0.5) is 10.5 Å². The number of pyridine rings is 1. The lowest BCUT2D eigenvalue weighted by atomic mass is 10.1. The maximum atomic E-state index is 12.6. The van der Waals surface area contributed by atoms with Gasteiger partial charge in [-0.05, 0) is 55.5 Å². The van der Waals surface area contributed by atoms with Gasteiger partial charge in [-0.2, -0.15) is 0 Å². The molecule has 2 aromatic rings. The molecule has 0 bridgehead atoms. The highest BCUT2D eigenvalue weighted by molar-refractivity contribution is 5.90. The number of carbonyl (C=O) groups is 1. The molecule has 2 heterocycles. The van der Waals surface area contributed by atoms with Gasteiger partial charge in [0.2, 0.25) is 0 Å². The third-order valence-electron chi connectivity index (χ3n) is 4.76. The van der Waals surface area contributed by atoms with Crippen LogP contribution < -0.4 is 5.32 Å². The molecule has 0 spiro atoms. The fourth-order valence-corrected chi connectivity index (χ4v) is 3.36. The highest BCUT2D eigenvalue weighted by Crippen LogP contribution is 2.23. The normalized spacial score (nSPS) is 16.9. The Bertz CT molecular complexity index is 718. The average molecular weight is 339 g/mol. The van der Waals surface area contributed by atoms with E-state index in [-0.39, 0.29) is 18.7 Å². The number of amides is 2. The summed E-state index contributed by atoms with van der Waals surface area (Å²) in [6.07, 6.45) is 5.14. The van der Waals surface area contributed by atoms with E-state index in [2.05, 4.69) is 16.4 Å². The zero-order chi connectivity index (χ0) is 17.6. The van der Waals surface area contributed by atoms with E-state index in [9.17, 15) is 9.90 Å². The second-order valence-corrected chi connectivity index (χ2v) is 6.58. The van der Waals surface area contributed by atoms with Gasteiger partial charge in [0.25, 0.3) is 0 Å². The summed E-state index contributed by atoms with van der Waals surface area (Å²) in [5.74, 6) is 0. The van der Waals surface area contributed by atoms with Gasteiger partial charge >= 0.3 is 6.03 Å². The number of aliphatic hydroxyl groups excluding tert-OH is 1. The quantitative estimate of drug-likeness (QED) is 0.878. The topological polar surface area (TPSA) is 65.5 Å². The van der Waals surface area contributed by atoms with E-state index in [0.29, 0.717) is 6.42 Å². The van der Waals surface area contributed by atoms with Gasteiger partial charge in [0.1, 0.15) is 0 Å². The Kier molecular flexibility index (Phi) is 5.66. The summed E-state index contributed by atoms with van der Waals surface area (Å²) >= 11 is 0. The molecule has 1 atom stereocenters. The maximum absolute atomic E-state index is 12.6. The molecule has 5 heteroatoms. The predicted octanol–water partition coefficient (Wildman–Crippen LogP) is 3.36. The summed E-state index contributed by atoms with van der Waals surface area (Å²) < 4.78 is 0. The van der Waals surface area contributed by atoms with Gasteiger partial charge in [-0.3, -0.25) is 4.98 Å². The van der Waals surface area contributed by atoms with Crippen molar-refractivity contribution in [1.29, 1.82) is 0 Å². The number of aromatic nitrogens is 1. The summed E-state index contributed by atoms with van der Waals surface area (Å²) in [4.78, 5) is 18.9. The second-order valence-electron chi connectivity index (χ2n) is 6.58. The monoisotopic (exact) mass is 339 g/mol. The third kappa shape index (κ3) is 4.37. The van der Waals surface area contributed by atoms with Crippen LogP contribution in [0.2, 0.25) is 0 Å². The van der Waals surface area contributed by atoms with Crippen molar-refractivity contribution in [3.63, 3.8) is 0 Å². The Hall–Kier alpha value is -2.40. The Morgan fingerprint density at radius 1 is 1.36 bits per heavy atom. The molecule has 1 aromatic heterocycles. The van der Waals surface area contributed by atoms with E-state index in [4.69, 9.17) is 0 Å². The first-order valence-corrected chi connectivity index (χ1v) is 8.85. The first-order valence-electron chi connectivity index (χ1n) is 8.85. The molecule has 1 aliphatic rings. The minimum Gasteiger partial charge on any atom is -0.396 e. The maximum Gasteiger partial charge on any atom is 0.322 e. The minimum atomic E-state index is -0.0750. The van der Waals surface area contributed by atoms with Crippen molar-refractivity contribution in [2.24, 2.45) is 0 Å². The van der Waals surface area contributed by atoms with E-state index in [1.165, 1.54) is 0 Å². The van der Waals surface area contributed by atoms with Crippen LogP contribution in [-0.2, 0) is 6.42 Å². The van der Waals surface area contributed by atoms with Crippen molar-refractivity contribution in [2.75, 3.05) is 18.5 Å². The van der Waals surface area contributed by atoms with E-state index in [0.717, 1.165) is 48.3 Å². The second kappa shape index (κ2) is 8.12. The number of carbonyl (C=O) groups excluding carboxylic acids is 1. The molecule has 2 amide bonds.